The number of benzene rings is 3. The Balaban J connectivity index is 0.923. The standard InChI is InChI=1S/C51H58F2N7O11PS/c1-50(2,3)43(55-45(63)40-27-33-25-34(11-14-39(33)73-40)51(52,53)72(68,69)70)48(66)59-21-18-31(42(59)47(65)58-22-23-71-38(28-58)30-8-6-5-7-9-30)24-29-16-19-57(20-17-29)46(64)32-10-12-35-37(26-32)56(4)49(67)60(35)36-13-15-41(61)54-44(36)62/h5-12,14,25-27,29,31,36,38,42-43H,13,15-24,28H2,1-4H3,(H,55,63)(H,54,61,62)(H2,68,69,70)/t31-,36?,38-,42-,43+/m0/s1. The summed E-state index contributed by atoms with van der Waals surface area (Å²) >= 11 is 0.972. The van der Waals surface area contributed by atoms with Gasteiger partial charge in [-0.05, 0) is 96.7 Å². The van der Waals surface area contributed by atoms with Gasteiger partial charge in [0.05, 0.1) is 29.1 Å². The van der Waals surface area contributed by atoms with Crippen molar-refractivity contribution in [1.29, 1.82) is 0 Å². The molecule has 0 radical (unpaired) electrons. The van der Waals surface area contributed by atoms with Gasteiger partial charge in [0.15, 0.2) is 0 Å². The molecule has 0 aliphatic carbocycles. The molecule has 388 valence electrons. The predicted octanol–water partition coefficient (Wildman–Crippen LogP) is 5.66. The molecule has 9 rings (SSSR count). The number of rotatable bonds is 11. The first-order chi connectivity index (χ1) is 34.5. The molecule has 18 nitrogen and oxygen atoms in total. The molecule has 4 N–H and O–H groups in total. The summed E-state index contributed by atoms with van der Waals surface area (Å²) in [5, 5.41) is 5.35. The number of hydrogen-bond donors (Lipinski definition) is 4. The van der Waals surface area contributed by atoms with Crippen LogP contribution in [0.1, 0.15) is 103 Å². The summed E-state index contributed by atoms with van der Waals surface area (Å²) in [6.45, 7) is 7.33. The van der Waals surface area contributed by atoms with Crippen molar-refractivity contribution in [3.05, 3.63) is 105 Å². The van der Waals surface area contributed by atoms with E-state index in [2.05, 4.69) is 10.6 Å². The zero-order chi connectivity index (χ0) is 52.3. The molecule has 6 amide bonds. The van der Waals surface area contributed by atoms with Crippen LogP contribution in [0.4, 0.5) is 8.78 Å². The van der Waals surface area contributed by atoms with Gasteiger partial charge in [0.2, 0.25) is 23.6 Å². The molecule has 4 saturated heterocycles. The first-order valence-corrected chi connectivity index (χ1v) is 26.8. The lowest BCUT2D eigenvalue weighted by Gasteiger charge is -2.40. The van der Waals surface area contributed by atoms with Gasteiger partial charge in [-0.15, -0.1) is 11.3 Å². The molecule has 0 saturated carbocycles. The lowest BCUT2D eigenvalue weighted by Crippen LogP contribution is -2.59. The van der Waals surface area contributed by atoms with E-state index in [1.54, 1.807) is 60.7 Å². The maximum atomic E-state index is 15.1. The monoisotopic (exact) mass is 1050 g/mol. The highest BCUT2D eigenvalue weighted by Gasteiger charge is 2.51. The van der Waals surface area contributed by atoms with Crippen molar-refractivity contribution in [2.45, 2.75) is 89.2 Å². The Bertz CT molecular complexity index is 3120. The van der Waals surface area contributed by atoms with Crippen LogP contribution < -0.4 is 16.3 Å². The number of piperidine rings is 2. The van der Waals surface area contributed by atoms with Crippen molar-refractivity contribution in [2.75, 3.05) is 39.3 Å². The molecule has 73 heavy (non-hydrogen) atoms. The average molecular weight is 1050 g/mol. The second-order valence-electron chi connectivity index (χ2n) is 20.7. The highest BCUT2D eigenvalue weighted by atomic mass is 32.1. The minimum absolute atomic E-state index is 0.0840. The maximum Gasteiger partial charge on any atom is 0.399 e. The minimum Gasteiger partial charge on any atom is -0.370 e. The zero-order valence-electron chi connectivity index (χ0n) is 40.8. The Morgan fingerprint density at radius 3 is 2.30 bits per heavy atom. The molecule has 5 atom stereocenters. The Labute approximate surface area is 422 Å². The number of imidazole rings is 1. The molecular formula is C51H58F2N7O11PS. The molecule has 0 bridgehead atoms. The number of carbonyl (C=O) groups excluding carboxylic acids is 6. The third-order valence-corrected chi connectivity index (χ3v) is 17.0. The van der Waals surface area contributed by atoms with Crippen LogP contribution in [0.25, 0.3) is 21.1 Å². The summed E-state index contributed by atoms with van der Waals surface area (Å²) in [4.78, 5) is 120. The van der Waals surface area contributed by atoms with E-state index >= 15 is 9.59 Å². The number of nitrogens with one attached hydrogen (secondary N) is 2. The van der Waals surface area contributed by atoms with E-state index in [9.17, 15) is 47.1 Å². The number of aromatic nitrogens is 2. The summed E-state index contributed by atoms with van der Waals surface area (Å²) in [7, 11) is -4.28. The average Bonchev–Trinajstić information content (AvgIpc) is 4.06. The summed E-state index contributed by atoms with van der Waals surface area (Å²) < 4.78 is 50.1. The fourth-order valence-corrected chi connectivity index (χ4v) is 12.2. The molecule has 4 aliphatic heterocycles. The smallest absolute Gasteiger partial charge is 0.370 e. The van der Waals surface area contributed by atoms with Crippen LogP contribution in [0, 0.1) is 17.3 Å². The van der Waals surface area contributed by atoms with Gasteiger partial charge in [-0.3, -0.25) is 47.8 Å². The highest BCUT2D eigenvalue weighted by Crippen LogP contribution is 2.59. The zero-order valence-corrected chi connectivity index (χ0v) is 42.5. The number of nitrogens with zero attached hydrogens (tertiary/aromatic N) is 5. The molecule has 22 heteroatoms. The number of morpholine rings is 1. The number of imide groups is 1. The van der Waals surface area contributed by atoms with Crippen molar-refractivity contribution < 1.29 is 56.6 Å². The molecule has 1 unspecified atom stereocenters. The van der Waals surface area contributed by atoms with E-state index < -0.39 is 71.7 Å². The molecule has 6 heterocycles. The topological polar surface area (TPSA) is 230 Å². The summed E-state index contributed by atoms with van der Waals surface area (Å²) in [6, 6.07) is 16.1. The molecule has 4 fully saturated rings. The summed E-state index contributed by atoms with van der Waals surface area (Å²) in [5.74, 6) is -2.67. The van der Waals surface area contributed by atoms with Gasteiger partial charge < -0.3 is 34.5 Å². The van der Waals surface area contributed by atoms with E-state index in [0.29, 0.717) is 66.6 Å². The number of likely N-dealkylation sites (tertiary alicyclic amines) is 2. The van der Waals surface area contributed by atoms with Crippen molar-refractivity contribution in [3.63, 3.8) is 0 Å². The van der Waals surface area contributed by atoms with Gasteiger partial charge in [-0.1, -0.05) is 57.2 Å². The van der Waals surface area contributed by atoms with Gasteiger partial charge in [0, 0.05) is 55.5 Å². The largest absolute Gasteiger partial charge is 0.399 e. The molecule has 3 aromatic carbocycles. The third kappa shape index (κ3) is 10.1. The van der Waals surface area contributed by atoms with Crippen LogP contribution in [-0.4, -0.2) is 120 Å². The van der Waals surface area contributed by atoms with Crippen LogP contribution in [0.3, 0.4) is 0 Å². The van der Waals surface area contributed by atoms with Crippen LogP contribution in [0.5, 0.6) is 0 Å². The number of aryl methyl sites for hydroxylation is 1. The van der Waals surface area contributed by atoms with Crippen LogP contribution in [0.2, 0.25) is 0 Å². The van der Waals surface area contributed by atoms with Crippen molar-refractivity contribution in [3.8, 4) is 0 Å². The Morgan fingerprint density at radius 2 is 1.62 bits per heavy atom. The van der Waals surface area contributed by atoms with E-state index in [0.717, 1.165) is 29.0 Å². The highest BCUT2D eigenvalue weighted by molar-refractivity contribution is 7.52. The predicted molar refractivity (Wildman–Crippen MR) is 266 cm³/mol. The minimum atomic E-state index is -5.85. The Hall–Kier alpha value is -6.12. The number of fused-ring (bicyclic) bond motifs is 2. The molecular weight excluding hydrogens is 988 g/mol. The number of carbonyl (C=O) groups is 6. The fourth-order valence-electron chi connectivity index (χ4n) is 10.8. The third-order valence-electron chi connectivity index (χ3n) is 14.8. The van der Waals surface area contributed by atoms with Crippen LogP contribution >= 0.6 is 18.9 Å². The number of amides is 6. The van der Waals surface area contributed by atoms with E-state index in [1.807, 2.05) is 30.3 Å². The number of hydrogen-bond acceptors (Lipinski definition) is 10. The molecule has 4 aliphatic rings. The lowest BCUT2D eigenvalue weighted by atomic mass is 9.82. The first kappa shape index (κ1) is 51.8. The van der Waals surface area contributed by atoms with Crippen LogP contribution in [0.15, 0.2) is 77.6 Å². The van der Waals surface area contributed by atoms with Crippen molar-refractivity contribution in [1.82, 2.24) is 34.5 Å². The fraction of sp³-hybridized carbons (Fsp3) is 0.471. The van der Waals surface area contributed by atoms with E-state index in [1.165, 1.54) is 21.3 Å². The summed E-state index contributed by atoms with van der Waals surface area (Å²) in [6.07, 6.45) is 2.26. The summed E-state index contributed by atoms with van der Waals surface area (Å²) in [5.41, 5.74) is -4.43. The second-order valence-corrected chi connectivity index (χ2v) is 23.4. The SMILES string of the molecule is Cn1c(=O)n(C2CCC(=O)NC2=O)c2ccc(C(=O)N3CCC(C[C@@H]4CCN(C(=O)[C@@H](NC(=O)c5cc6cc(C(F)(F)P(=O)(O)O)ccc6s5)C(C)(C)C)[C@@H]4C(=O)N4CCO[C@H](c5ccccc5)C4)CC3)cc21. The maximum absolute atomic E-state index is 15.1. The van der Waals surface area contributed by atoms with Gasteiger partial charge in [0.1, 0.15) is 24.2 Å². The van der Waals surface area contributed by atoms with Crippen molar-refractivity contribution >= 4 is 75.5 Å². The Kier molecular flexibility index (Phi) is 14.2. The number of halogens is 2. The second kappa shape index (κ2) is 20.0. The van der Waals surface area contributed by atoms with E-state index in [-0.39, 0.29) is 72.6 Å². The Morgan fingerprint density at radius 1 is 0.890 bits per heavy atom. The molecule has 5 aromatic rings. The van der Waals surface area contributed by atoms with Crippen LogP contribution in [-0.2, 0) is 41.2 Å². The molecule has 0 spiro atoms. The van der Waals surface area contributed by atoms with Gasteiger partial charge >= 0.3 is 18.9 Å². The number of alkyl halides is 2. The first-order valence-electron chi connectivity index (χ1n) is 24.4. The molecule has 2 aromatic heterocycles. The van der Waals surface area contributed by atoms with Gasteiger partial charge in [-0.25, -0.2) is 4.79 Å². The lowest BCUT2D eigenvalue weighted by molar-refractivity contribution is -0.152. The number of ether oxygens (including phenoxy) is 1. The normalized spacial score (nSPS) is 21.9. The quantitative estimate of drug-likeness (QED) is 0.0932. The number of thiophene rings is 1. The van der Waals surface area contributed by atoms with Gasteiger partial charge in [0.25, 0.3) is 11.8 Å². The van der Waals surface area contributed by atoms with Crippen molar-refractivity contribution in [2.24, 2.45) is 24.3 Å². The van der Waals surface area contributed by atoms with Gasteiger partial charge in [-0.2, -0.15) is 8.78 Å². The van der Waals surface area contributed by atoms with E-state index in [4.69, 9.17) is 4.74 Å².